The summed E-state index contributed by atoms with van der Waals surface area (Å²) in [4.78, 5) is 89.8. The molecule has 5 amide bonds. The molecule has 2 aliphatic heterocycles. The van der Waals surface area contributed by atoms with Gasteiger partial charge in [0.05, 0.1) is 29.8 Å². The maximum atomic E-state index is 14.0. The maximum absolute atomic E-state index is 14.0. The average Bonchev–Trinajstić information content (AvgIpc) is 3.86. The van der Waals surface area contributed by atoms with Crippen LogP contribution in [-0.4, -0.2) is 141 Å². The van der Waals surface area contributed by atoms with Gasteiger partial charge in [0.25, 0.3) is 17.9 Å². The Morgan fingerprint density at radius 2 is 1.48 bits per heavy atom. The largest absolute Gasteiger partial charge is 0.489 e. The summed E-state index contributed by atoms with van der Waals surface area (Å²) in [5.74, 6) is -2.56. The van der Waals surface area contributed by atoms with E-state index in [0.29, 0.717) is 50.0 Å². The van der Waals surface area contributed by atoms with Crippen LogP contribution in [0, 0.1) is 5.92 Å². The quantitative estimate of drug-likeness (QED) is 0.0171. The summed E-state index contributed by atoms with van der Waals surface area (Å²) in [5.41, 5.74) is -3.71. The lowest BCUT2D eigenvalue weighted by atomic mass is 9.84. The molecule has 2 aliphatic rings. The summed E-state index contributed by atoms with van der Waals surface area (Å²) in [6, 6.07) is 5.58. The number of β-lactam (4-membered cyclic amide) rings is 1. The van der Waals surface area contributed by atoms with Gasteiger partial charge in [0.15, 0.2) is 17.4 Å². The molecule has 4 heterocycles. The molecule has 2 saturated heterocycles. The molecule has 0 aliphatic carbocycles. The third-order valence-corrected chi connectivity index (χ3v) is 11.5. The highest BCUT2D eigenvalue weighted by Gasteiger charge is 2.58. The van der Waals surface area contributed by atoms with E-state index in [9.17, 15) is 41.7 Å². The normalized spacial score (nSPS) is 16.7. The molecule has 0 bridgehead atoms. The Morgan fingerprint density at radius 3 is 2.05 bits per heavy atom. The number of nitrogens with zero attached hydrogens (tertiary/aromatic N) is 6. The summed E-state index contributed by atoms with van der Waals surface area (Å²) in [5, 5.41) is 13.4. The van der Waals surface area contributed by atoms with E-state index in [4.69, 9.17) is 28.5 Å². The van der Waals surface area contributed by atoms with Gasteiger partial charge in [-0.05, 0) is 121 Å². The first-order valence-electron chi connectivity index (χ1n) is 24.0. The molecule has 1 aromatic carbocycles. The van der Waals surface area contributed by atoms with Gasteiger partial charge in [-0.2, -0.15) is 18.2 Å². The van der Waals surface area contributed by atoms with Crippen molar-refractivity contribution in [3.63, 3.8) is 0 Å². The molecule has 3 aromatic rings. The van der Waals surface area contributed by atoms with E-state index in [0.717, 1.165) is 22.5 Å². The topological polar surface area (TPSA) is 298 Å². The maximum Gasteiger partial charge on any atom is 0.418 e. The second-order valence-electron chi connectivity index (χ2n) is 22.3. The zero-order valence-corrected chi connectivity index (χ0v) is 46.4. The molecule has 0 spiro atoms. The number of benzene rings is 1. The molecule has 75 heavy (non-hydrogen) atoms. The molecule has 414 valence electrons. The molecular formula is C48H70N9O16S2+. The van der Waals surface area contributed by atoms with Crippen molar-refractivity contribution in [1.82, 2.24) is 30.3 Å². The van der Waals surface area contributed by atoms with Crippen molar-refractivity contribution in [2.45, 2.75) is 157 Å². The molecule has 4 N–H and O–H groups in total. The lowest BCUT2D eigenvalue weighted by molar-refractivity contribution is -0.781. The van der Waals surface area contributed by atoms with Crippen molar-refractivity contribution < 1.29 is 79.2 Å². The van der Waals surface area contributed by atoms with Gasteiger partial charge in [0.2, 0.25) is 6.20 Å². The monoisotopic (exact) mass is 1090 g/mol. The van der Waals surface area contributed by atoms with Crippen LogP contribution in [0.5, 0.6) is 5.75 Å². The number of carbonyl (C=O) groups is 6. The number of anilines is 1. The first kappa shape index (κ1) is 59.3. The number of oxime groups is 1. The van der Waals surface area contributed by atoms with Crippen LogP contribution in [0.25, 0.3) is 11.1 Å². The molecule has 25 nitrogen and oxygen atoms in total. The first-order chi connectivity index (χ1) is 34.4. The number of thiazole rings is 1. The van der Waals surface area contributed by atoms with Crippen LogP contribution in [-0.2, 0) is 65.9 Å². The van der Waals surface area contributed by atoms with Crippen molar-refractivity contribution in [2.75, 3.05) is 31.6 Å². The molecule has 2 atom stereocenters. The van der Waals surface area contributed by atoms with Gasteiger partial charge in [0.1, 0.15) is 46.5 Å². The summed E-state index contributed by atoms with van der Waals surface area (Å²) in [6.07, 6.45) is 1.24. The van der Waals surface area contributed by atoms with Gasteiger partial charge in [-0.15, -0.1) is 20.3 Å². The number of ether oxygens (including phenoxy) is 5. The fourth-order valence-corrected chi connectivity index (χ4v) is 8.30. The van der Waals surface area contributed by atoms with Crippen molar-refractivity contribution in [2.24, 2.45) is 11.1 Å². The Balaban J connectivity index is 1.36. The van der Waals surface area contributed by atoms with Crippen LogP contribution in [0.2, 0.25) is 0 Å². The van der Waals surface area contributed by atoms with E-state index in [2.05, 4.69) is 35.1 Å². The van der Waals surface area contributed by atoms with Gasteiger partial charge in [-0.3, -0.25) is 19.5 Å². The van der Waals surface area contributed by atoms with Crippen LogP contribution < -0.4 is 25.4 Å². The van der Waals surface area contributed by atoms with Crippen molar-refractivity contribution in [3.8, 4) is 16.9 Å². The number of likely N-dealkylation sites (tertiary alicyclic amines) is 1. The number of alkyl carbamates (subject to hydrolysis) is 1. The third-order valence-electron chi connectivity index (χ3n) is 10.4. The highest BCUT2D eigenvalue weighted by Crippen LogP contribution is 2.33. The number of hydrogen-bond donors (Lipinski definition) is 4. The number of amides is 5. The highest BCUT2D eigenvalue weighted by molar-refractivity contribution is 7.80. The van der Waals surface area contributed by atoms with E-state index >= 15 is 0 Å². The predicted octanol–water partition coefficient (Wildman–Crippen LogP) is 5.38. The number of hydroxylamine groups is 2. The fraction of sp³-hybridized carbons (Fsp3) is 0.604. The molecule has 2 fully saturated rings. The van der Waals surface area contributed by atoms with E-state index < -0.39 is 92.8 Å². The number of hydrogen-bond acceptors (Lipinski definition) is 18. The summed E-state index contributed by atoms with van der Waals surface area (Å²) in [6.45, 7) is 25.5. The summed E-state index contributed by atoms with van der Waals surface area (Å²) in [7, 11) is -5.11. The van der Waals surface area contributed by atoms with Gasteiger partial charge in [-0.1, -0.05) is 17.3 Å². The van der Waals surface area contributed by atoms with E-state index in [1.807, 2.05) is 50.0 Å². The van der Waals surface area contributed by atoms with E-state index in [-0.39, 0.29) is 22.8 Å². The first-order valence-corrected chi connectivity index (χ1v) is 26.2. The van der Waals surface area contributed by atoms with Crippen molar-refractivity contribution >= 4 is 68.6 Å². The smallest absolute Gasteiger partial charge is 0.418 e. The number of aromatic nitrogens is 3. The Bertz CT molecular complexity index is 2710. The van der Waals surface area contributed by atoms with Crippen molar-refractivity contribution in [1.29, 1.82) is 0 Å². The van der Waals surface area contributed by atoms with Gasteiger partial charge >= 0.3 is 34.6 Å². The third kappa shape index (κ3) is 18.1. The molecule has 2 aromatic heterocycles. The van der Waals surface area contributed by atoms with Crippen molar-refractivity contribution in [3.05, 3.63) is 47.7 Å². The summed E-state index contributed by atoms with van der Waals surface area (Å²) >= 11 is 0.884. The van der Waals surface area contributed by atoms with Gasteiger partial charge in [0, 0.05) is 25.0 Å². The molecule has 1 unspecified atom stereocenters. The lowest BCUT2D eigenvalue weighted by Crippen LogP contribution is -2.76. The highest BCUT2D eigenvalue weighted by atomic mass is 32.3. The average molecular weight is 1090 g/mol. The minimum absolute atomic E-state index is 0.0213. The minimum Gasteiger partial charge on any atom is -0.489 e. The van der Waals surface area contributed by atoms with Crippen LogP contribution in [0.3, 0.4) is 0 Å². The van der Waals surface area contributed by atoms with Gasteiger partial charge < -0.3 is 44.1 Å². The molecule has 5 rings (SSSR count). The number of esters is 1. The predicted molar refractivity (Wildman–Crippen MR) is 270 cm³/mol. The second kappa shape index (κ2) is 23.1. The molecular weight excluding hydrogens is 1020 g/mol. The Morgan fingerprint density at radius 1 is 0.880 bits per heavy atom. The molecule has 27 heteroatoms. The zero-order chi connectivity index (χ0) is 56.1. The van der Waals surface area contributed by atoms with E-state index in [1.54, 1.807) is 79.3 Å². The minimum atomic E-state index is -5.11. The zero-order valence-electron chi connectivity index (χ0n) is 44.8. The van der Waals surface area contributed by atoms with E-state index in [1.165, 1.54) is 19.2 Å². The SMILES string of the molecule is CC(C)(C)OC(=O)NCCCn1cc(-c2ccc(OCC(O/N=C(\C(=O)N[C@H]3C(=O)N(OS(=O)(=O)O)C3(C)C)c3csc(NC(=O)OC(C)(C)C)n3)C(=O)OC(C)(C)C)cc2)c[n+]1CC1CN(C(=O)OC(C)(C)C)C1. The van der Waals surface area contributed by atoms with Crippen LogP contribution in [0.4, 0.5) is 19.5 Å². The fourth-order valence-electron chi connectivity index (χ4n) is 7.17. The Labute approximate surface area is 440 Å². The molecule has 0 radical (unpaired) electrons. The van der Waals surface area contributed by atoms with Gasteiger partial charge in [-0.25, -0.2) is 24.2 Å². The second-order valence-corrected chi connectivity index (χ2v) is 24.2. The van der Waals surface area contributed by atoms with Crippen LogP contribution in [0.1, 0.15) is 109 Å². The standard InChI is InChI=1S/C48H69N9O16S2/c1-44(2,3)68-39(60)34(72-53-35(33-28-74-40(50-33)52-42(62)70-46(7,8)9)37(58)51-36-38(59)57(48(36,13)14)73-75(64,65)66)27-67-32-18-16-30(17-19-32)31-25-55(21-15-20-49-41(61)69-45(4,5)6)56(26-31)24-29-22-54(23-29)43(63)71-47(10,11)12/h16-19,25-26,28-29,34,36H,15,20-24,27H2,1-14H3,(H3-,49,50,51,52,58,61,62,64,65,66)/p+1/b53-35-/t34?,36-/m0/s1. The Kier molecular flexibility index (Phi) is 18.3. The Hall–Kier alpha value is -6.58. The summed E-state index contributed by atoms with van der Waals surface area (Å²) < 4.78 is 68.4. The number of nitrogens with one attached hydrogen (secondary N) is 3. The molecule has 0 saturated carbocycles. The van der Waals surface area contributed by atoms with Crippen LogP contribution >= 0.6 is 11.3 Å². The number of carbonyl (C=O) groups excluding carboxylic acids is 6. The van der Waals surface area contributed by atoms with Crippen LogP contribution in [0.15, 0.2) is 47.2 Å². The lowest BCUT2D eigenvalue weighted by Gasteiger charge is -2.50. The number of aryl methyl sites for hydroxylation is 1. The number of rotatable bonds is 19.